The fourth-order valence-corrected chi connectivity index (χ4v) is 5.99. The summed E-state index contributed by atoms with van der Waals surface area (Å²) in [5.41, 5.74) is 1.49. The normalized spacial score (nSPS) is 12.4. The Morgan fingerprint density at radius 2 is 1.63 bits per heavy atom. The second kappa shape index (κ2) is 13.5. The average Bonchev–Trinajstić information content (AvgIpc) is 2.90. The fourth-order valence-electron chi connectivity index (χ4n) is 4.13. The molecule has 1 atom stereocenters. The SMILES string of the molecule is CCOc1ccc(N(CC(=O)N(Cc2cccc(Br)c2)C(C)C(=O)NC(C)(C)C)S(=O)(=O)c2ccc(C)cc2)cc1. The van der Waals surface area contributed by atoms with Crippen molar-refractivity contribution in [2.24, 2.45) is 0 Å². The largest absolute Gasteiger partial charge is 0.494 e. The van der Waals surface area contributed by atoms with E-state index in [0.29, 0.717) is 18.0 Å². The van der Waals surface area contributed by atoms with Gasteiger partial charge in [0.2, 0.25) is 11.8 Å². The Bertz CT molecular complexity index is 1450. The summed E-state index contributed by atoms with van der Waals surface area (Å²) >= 11 is 3.46. The zero-order valence-electron chi connectivity index (χ0n) is 24.3. The van der Waals surface area contributed by atoms with Gasteiger partial charge in [-0.25, -0.2) is 8.42 Å². The summed E-state index contributed by atoms with van der Waals surface area (Å²) in [6.45, 7) is 11.0. The first-order valence-corrected chi connectivity index (χ1v) is 15.6. The van der Waals surface area contributed by atoms with Gasteiger partial charge >= 0.3 is 0 Å². The molecule has 8 nitrogen and oxygen atoms in total. The average molecular weight is 645 g/mol. The van der Waals surface area contributed by atoms with Gasteiger partial charge in [-0.1, -0.05) is 45.8 Å². The molecule has 10 heteroatoms. The minimum atomic E-state index is -4.14. The molecule has 0 fully saturated rings. The van der Waals surface area contributed by atoms with Crippen LogP contribution in [0.25, 0.3) is 0 Å². The van der Waals surface area contributed by atoms with E-state index in [4.69, 9.17) is 4.74 Å². The minimum absolute atomic E-state index is 0.0573. The van der Waals surface area contributed by atoms with Crippen molar-refractivity contribution in [2.75, 3.05) is 17.5 Å². The number of nitrogens with one attached hydrogen (secondary N) is 1. The molecule has 1 unspecified atom stereocenters. The molecular formula is C31H38BrN3O5S. The van der Waals surface area contributed by atoms with E-state index in [1.165, 1.54) is 17.0 Å². The number of rotatable bonds is 11. The van der Waals surface area contributed by atoms with Crippen molar-refractivity contribution < 1.29 is 22.7 Å². The van der Waals surface area contributed by atoms with Crippen molar-refractivity contribution >= 4 is 43.5 Å². The minimum Gasteiger partial charge on any atom is -0.494 e. The molecule has 0 saturated heterocycles. The Kier molecular flexibility index (Phi) is 10.6. The fraction of sp³-hybridized carbons (Fsp3) is 0.355. The summed E-state index contributed by atoms with van der Waals surface area (Å²) in [4.78, 5) is 28.7. The number of hydrogen-bond donors (Lipinski definition) is 1. The summed E-state index contributed by atoms with van der Waals surface area (Å²) < 4.78 is 35.3. The van der Waals surface area contributed by atoms with Gasteiger partial charge in [0.25, 0.3) is 10.0 Å². The second-order valence-electron chi connectivity index (χ2n) is 10.8. The van der Waals surface area contributed by atoms with E-state index in [2.05, 4.69) is 21.2 Å². The van der Waals surface area contributed by atoms with Crippen molar-refractivity contribution in [1.82, 2.24) is 10.2 Å². The van der Waals surface area contributed by atoms with Gasteiger partial charge in [0.15, 0.2) is 0 Å². The molecule has 3 aromatic rings. The Labute approximate surface area is 251 Å². The van der Waals surface area contributed by atoms with Crippen LogP contribution in [0.2, 0.25) is 0 Å². The monoisotopic (exact) mass is 643 g/mol. The van der Waals surface area contributed by atoms with E-state index in [-0.39, 0.29) is 17.3 Å². The smallest absolute Gasteiger partial charge is 0.264 e. The third-order valence-electron chi connectivity index (χ3n) is 6.23. The summed E-state index contributed by atoms with van der Waals surface area (Å²) in [5, 5.41) is 2.93. The molecule has 3 aromatic carbocycles. The number of halogens is 1. The number of carbonyl (C=O) groups excluding carboxylic acids is 2. The Morgan fingerprint density at radius 3 is 2.20 bits per heavy atom. The summed E-state index contributed by atoms with van der Waals surface area (Å²) in [7, 11) is -4.14. The number of sulfonamides is 1. The number of aryl methyl sites for hydroxylation is 1. The highest BCUT2D eigenvalue weighted by molar-refractivity contribution is 9.10. The molecule has 0 radical (unpaired) electrons. The highest BCUT2D eigenvalue weighted by atomic mass is 79.9. The number of nitrogens with zero attached hydrogens (tertiary/aromatic N) is 2. The first-order chi connectivity index (χ1) is 19.2. The zero-order valence-corrected chi connectivity index (χ0v) is 26.8. The lowest BCUT2D eigenvalue weighted by Gasteiger charge is -2.33. The van der Waals surface area contributed by atoms with Crippen LogP contribution >= 0.6 is 15.9 Å². The molecule has 0 saturated carbocycles. The molecular weight excluding hydrogens is 606 g/mol. The van der Waals surface area contributed by atoms with E-state index in [1.54, 1.807) is 43.3 Å². The maximum absolute atomic E-state index is 14.0. The Balaban J connectivity index is 2.04. The Hall–Kier alpha value is -3.37. The first-order valence-electron chi connectivity index (χ1n) is 13.4. The molecule has 0 aromatic heterocycles. The van der Waals surface area contributed by atoms with Crippen molar-refractivity contribution in [1.29, 1.82) is 0 Å². The number of anilines is 1. The molecule has 0 heterocycles. The van der Waals surface area contributed by atoms with Gasteiger partial charge in [-0.3, -0.25) is 13.9 Å². The molecule has 2 amide bonds. The van der Waals surface area contributed by atoms with Crippen LogP contribution in [-0.2, 0) is 26.2 Å². The van der Waals surface area contributed by atoms with Crippen LogP contribution in [0.1, 0.15) is 45.7 Å². The lowest BCUT2D eigenvalue weighted by Crippen LogP contribution is -2.54. The van der Waals surface area contributed by atoms with E-state index < -0.39 is 34.1 Å². The summed E-state index contributed by atoms with van der Waals surface area (Å²) in [6, 6.07) is 19.6. The zero-order chi connectivity index (χ0) is 30.4. The molecule has 0 aliphatic carbocycles. The van der Waals surface area contributed by atoms with E-state index in [1.807, 2.05) is 58.9 Å². The van der Waals surface area contributed by atoms with Crippen LogP contribution in [0.5, 0.6) is 5.75 Å². The first kappa shape index (κ1) is 32.1. The molecule has 41 heavy (non-hydrogen) atoms. The second-order valence-corrected chi connectivity index (χ2v) is 13.6. The summed E-state index contributed by atoms with van der Waals surface area (Å²) in [5.74, 6) is -0.278. The number of ether oxygens (including phenoxy) is 1. The van der Waals surface area contributed by atoms with Crippen molar-refractivity contribution in [3.05, 3.63) is 88.4 Å². The quantitative estimate of drug-likeness (QED) is 0.290. The van der Waals surface area contributed by atoms with Gasteiger partial charge in [0.1, 0.15) is 18.3 Å². The molecule has 3 rings (SSSR count). The van der Waals surface area contributed by atoms with Crippen molar-refractivity contribution in [3.63, 3.8) is 0 Å². The molecule has 0 aliphatic heterocycles. The number of carbonyl (C=O) groups is 2. The number of amides is 2. The van der Waals surface area contributed by atoms with Gasteiger partial charge < -0.3 is 15.0 Å². The maximum atomic E-state index is 14.0. The highest BCUT2D eigenvalue weighted by Crippen LogP contribution is 2.27. The number of hydrogen-bond acceptors (Lipinski definition) is 5. The lowest BCUT2D eigenvalue weighted by atomic mass is 10.1. The van der Waals surface area contributed by atoms with Gasteiger partial charge in [0, 0.05) is 16.6 Å². The van der Waals surface area contributed by atoms with Crippen LogP contribution in [0.4, 0.5) is 5.69 Å². The van der Waals surface area contributed by atoms with E-state index in [9.17, 15) is 18.0 Å². The van der Waals surface area contributed by atoms with E-state index in [0.717, 1.165) is 19.9 Å². The van der Waals surface area contributed by atoms with Gasteiger partial charge in [-0.2, -0.15) is 0 Å². The van der Waals surface area contributed by atoms with Crippen LogP contribution in [0.15, 0.2) is 82.2 Å². The highest BCUT2D eigenvalue weighted by Gasteiger charge is 2.33. The molecule has 0 aliphatic rings. The van der Waals surface area contributed by atoms with Crippen LogP contribution < -0.4 is 14.4 Å². The van der Waals surface area contributed by atoms with Crippen LogP contribution in [0.3, 0.4) is 0 Å². The van der Waals surface area contributed by atoms with Crippen LogP contribution in [0, 0.1) is 6.92 Å². The molecule has 220 valence electrons. The third-order valence-corrected chi connectivity index (χ3v) is 8.51. The molecule has 1 N–H and O–H groups in total. The van der Waals surface area contributed by atoms with Gasteiger partial charge in [-0.05, 0) is 95.6 Å². The topological polar surface area (TPSA) is 96.0 Å². The lowest BCUT2D eigenvalue weighted by molar-refractivity contribution is -0.140. The standard InChI is InChI=1S/C31H38BrN3O5S/c1-7-40-27-15-13-26(14-16-27)35(41(38,39)28-17-11-22(2)12-18-28)21-29(36)34(20-24-9-8-10-25(32)19-24)23(3)30(37)33-31(4,5)6/h8-19,23H,7,20-21H2,1-6H3,(H,33,37). The van der Waals surface area contributed by atoms with Crippen molar-refractivity contribution in [3.8, 4) is 5.75 Å². The van der Waals surface area contributed by atoms with Crippen LogP contribution in [-0.4, -0.2) is 49.9 Å². The summed E-state index contributed by atoms with van der Waals surface area (Å²) in [6.07, 6.45) is 0. The third kappa shape index (κ3) is 8.81. The Morgan fingerprint density at radius 1 is 1.00 bits per heavy atom. The van der Waals surface area contributed by atoms with E-state index >= 15 is 0 Å². The van der Waals surface area contributed by atoms with Gasteiger partial charge in [-0.15, -0.1) is 0 Å². The maximum Gasteiger partial charge on any atom is 0.264 e. The predicted octanol–water partition coefficient (Wildman–Crippen LogP) is 5.68. The number of benzene rings is 3. The van der Waals surface area contributed by atoms with Gasteiger partial charge in [0.05, 0.1) is 17.2 Å². The van der Waals surface area contributed by atoms with Crippen molar-refractivity contribution in [2.45, 2.75) is 64.6 Å². The molecule has 0 bridgehead atoms. The predicted molar refractivity (Wildman–Crippen MR) is 165 cm³/mol. The molecule has 0 spiro atoms.